The molecule has 0 bridgehead atoms. The Balaban J connectivity index is 1.95. The zero-order valence-corrected chi connectivity index (χ0v) is 19.2. The molecule has 0 unspecified atom stereocenters. The van der Waals surface area contributed by atoms with E-state index in [9.17, 15) is 30.0 Å². The zero-order chi connectivity index (χ0) is 25.0. The van der Waals surface area contributed by atoms with E-state index in [-0.39, 0.29) is 18.2 Å². The van der Waals surface area contributed by atoms with Gasteiger partial charge in [0.05, 0.1) is 19.8 Å². The maximum absolute atomic E-state index is 12.2. The molecule has 10 nitrogen and oxygen atoms in total. The molecule has 0 radical (unpaired) electrons. The molecular weight excluding hydrogens is 444 g/mol. The molecule has 0 spiro atoms. The van der Waals surface area contributed by atoms with Crippen LogP contribution in [0.25, 0.3) is 11.1 Å². The molecule has 0 saturated carbocycles. The number of carbonyl (C=O) groups excluding carboxylic acids is 2. The minimum absolute atomic E-state index is 0.146. The second-order valence-electron chi connectivity index (χ2n) is 8.06. The van der Waals surface area contributed by atoms with Crippen molar-refractivity contribution in [3.63, 3.8) is 0 Å². The molecule has 2 aromatic carbocycles. The van der Waals surface area contributed by atoms with Gasteiger partial charge in [-0.25, -0.2) is 0 Å². The highest BCUT2D eigenvalue weighted by Gasteiger charge is 2.43. The van der Waals surface area contributed by atoms with Crippen molar-refractivity contribution < 1.29 is 39.5 Å². The van der Waals surface area contributed by atoms with Crippen LogP contribution in [0.3, 0.4) is 0 Å². The summed E-state index contributed by atoms with van der Waals surface area (Å²) in [6.07, 6.45) is -5.98. The predicted octanol–water partition coefficient (Wildman–Crippen LogP) is -0.534. The second kappa shape index (κ2) is 10.9. The summed E-state index contributed by atoms with van der Waals surface area (Å²) in [5.74, 6) is -0.210. The SMILES string of the molecule is CNC(=O)c1cc(C(=O)NC)cc(-c2ccc(C[C@H]3O[C@H](CO)[C@@H](O)[C@H](O)[C@@H]3O)c(OC)c2)c1. The molecule has 10 heteroatoms. The summed E-state index contributed by atoms with van der Waals surface area (Å²) >= 11 is 0. The first kappa shape index (κ1) is 25.6. The molecule has 6 N–H and O–H groups in total. The van der Waals surface area contributed by atoms with Crippen LogP contribution in [0.1, 0.15) is 26.3 Å². The molecular formula is C24H30N2O8. The van der Waals surface area contributed by atoms with Gasteiger partial charge in [-0.05, 0) is 41.0 Å². The van der Waals surface area contributed by atoms with Crippen molar-refractivity contribution in [1.29, 1.82) is 0 Å². The highest BCUT2D eigenvalue weighted by molar-refractivity contribution is 6.01. The number of nitrogens with one attached hydrogen (secondary N) is 2. The zero-order valence-electron chi connectivity index (χ0n) is 19.2. The second-order valence-corrected chi connectivity index (χ2v) is 8.06. The third-order valence-corrected chi connectivity index (χ3v) is 5.94. The number of amides is 2. The number of benzene rings is 2. The largest absolute Gasteiger partial charge is 0.496 e. The van der Waals surface area contributed by atoms with Crippen molar-refractivity contribution in [2.75, 3.05) is 27.8 Å². The van der Waals surface area contributed by atoms with Gasteiger partial charge in [-0.1, -0.05) is 12.1 Å². The quantitative estimate of drug-likeness (QED) is 0.313. The Morgan fingerprint density at radius 2 is 1.47 bits per heavy atom. The lowest BCUT2D eigenvalue weighted by Gasteiger charge is -2.40. The van der Waals surface area contributed by atoms with Crippen LogP contribution in [0.2, 0.25) is 0 Å². The minimum atomic E-state index is -1.46. The molecule has 1 heterocycles. The van der Waals surface area contributed by atoms with Crippen LogP contribution in [0.4, 0.5) is 0 Å². The van der Waals surface area contributed by atoms with Gasteiger partial charge in [0.2, 0.25) is 0 Å². The van der Waals surface area contributed by atoms with Crippen LogP contribution in [-0.4, -0.2) is 90.6 Å². The Kier molecular flexibility index (Phi) is 8.24. The number of aliphatic hydroxyl groups excluding tert-OH is 4. The molecule has 0 aliphatic carbocycles. The fourth-order valence-electron chi connectivity index (χ4n) is 4.00. The first-order valence-corrected chi connectivity index (χ1v) is 10.8. The fourth-order valence-corrected chi connectivity index (χ4v) is 4.00. The van der Waals surface area contributed by atoms with Crippen LogP contribution in [-0.2, 0) is 11.2 Å². The summed E-state index contributed by atoms with van der Waals surface area (Å²) in [5.41, 5.74) is 2.61. The summed E-state index contributed by atoms with van der Waals surface area (Å²) in [6, 6.07) is 10.1. The van der Waals surface area contributed by atoms with Gasteiger partial charge in [-0.3, -0.25) is 9.59 Å². The summed E-state index contributed by atoms with van der Waals surface area (Å²) in [6.45, 7) is -0.507. The number of hydrogen-bond donors (Lipinski definition) is 6. The van der Waals surface area contributed by atoms with E-state index in [1.54, 1.807) is 30.3 Å². The molecule has 0 aromatic heterocycles. The molecule has 34 heavy (non-hydrogen) atoms. The normalized spacial score (nSPS) is 24.4. The Morgan fingerprint density at radius 1 is 0.882 bits per heavy atom. The summed E-state index contributed by atoms with van der Waals surface area (Å²) in [5, 5.41) is 44.9. The number of methoxy groups -OCH3 is 1. The van der Waals surface area contributed by atoms with Crippen LogP contribution >= 0.6 is 0 Å². The lowest BCUT2D eigenvalue weighted by atomic mass is 9.90. The molecule has 184 valence electrons. The Bertz CT molecular complexity index is 1010. The number of carbonyl (C=O) groups is 2. The van der Waals surface area contributed by atoms with Gasteiger partial charge in [0.25, 0.3) is 11.8 Å². The van der Waals surface area contributed by atoms with Gasteiger partial charge < -0.3 is 40.5 Å². The van der Waals surface area contributed by atoms with Gasteiger partial charge in [-0.2, -0.15) is 0 Å². The van der Waals surface area contributed by atoms with Gasteiger partial charge in [0.1, 0.15) is 30.2 Å². The van der Waals surface area contributed by atoms with E-state index in [1.807, 2.05) is 0 Å². The van der Waals surface area contributed by atoms with E-state index >= 15 is 0 Å². The first-order valence-electron chi connectivity index (χ1n) is 10.8. The molecule has 1 saturated heterocycles. The van der Waals surface area contributed by atoms with Crippen LogP contribution in [0, 0.1) is 0 Å². The van der Waals surface area contributed by atoms with Crippen molar-refractivity contribution in [1.82, 2.24) is 10.6 Å². The fraction of sp³-hybridized carbons (Fsp3) is 0.417. The average molecular weight is 475 g/mol. The van der Waals surface area contributed by atoms with E-state index in [4.69, 9.17) is 9.47 Å². The lowest BCUT2D eigenvalue weighted by molar-refractivity contribution is -0.228. The van der Waals surface area contributed by atoms with E-state index in [0.717, 1.165) is 0 Å². The molecule has 1 aliphatic heterocycles. The van der Waals surface area contributed by atoms with Gasteiger partial charge in [-0.15, -0.1) is 0 Å². The number of rotatable bonds is 7. The molecule has 2 aromatic rings. The maximum atomic E-state index is 12.2. The number of hydrogen-bond acceptors (Lipinski definition) is 8. The molecule has 2 amide bonds. The third kappa shape index (κ3) is 5.21. The standard InChI is InChI=1S/C24H30N2O8/c1-25-23(31)15-6-14(7-16(8-15)24(32)26-2)12-4-5-13(17(9-12)33-3)10-18-20(28)22(30)21(29)19(11-27)34-18/h4-9,18-22,27-30H,10-11H2,1-3H3,(H,25,31)(H,26,32)/t18-,19-,20-,21-,22-/m1/s1. The smallest absolute Gasteiger partial charge is 0.251 e. The summed E-state index contributed by atoms with van der Waals surface area (Å²) in [7, 11) is 4.49. The van der Waals surface area contributed by atoms with E-state index < -0.39 is 37.1 Å². The van der Waals surface area contributed by atoms with Crippen molar-refractivity contribution in [2.45, 2.75) is 36.9 Å². The topological polar surface area (TPSA) is 158 Å². The Hall–Kier alpha value is -3.02. The average Bonchev–Trinajstić information content (AvgIpc) is 2.87. The van der Waals surface area contributed by atoms with Crippen LogP contribution in [0.5, 0.6) is 5.75 Å². The van der Waals surface area contributed by atoms with E-state index in [0.29, 0.717) is 33.6 Å². The van der Waals surface area contributed by atoms with Crippen molar-refractivity contribution in [3.8, 4) is 16.9 Å². The van der Waals surface area contributed by atoms with E-state index in [1.165, 1.54) is 27.3 Å². The number of aliphatic hydroxyl groups is 4. The highest BCUT2D eigenvalue weighted by Crippen LogP contribution is 2.32. The van der Waals surface area contributed by atoms with E-state index in [2.05, 4.69) is 10.6 Å². The summed E-state index contributed by atoms with van der Waals surface area (Å²) < 4.78 is 11.1. The first-order chi connectivity index (χ1) is 16.2. The molecule has 1 fully saturated rings. The van der Waals surface area contributed by atoms with Crippen molar-refractivity contribution >= 4 is 11.8 Å². The monoisotopic (exact) mass is 474 g/mol. The van der Waals surface area contributed by atoms with Crippen molar-refractivity contribution in [2.24, 2.45) is 0 Å². The summed E-state index contributed by atoms with van der Waals surface area (Å²) in [4.78, 5) is 24.5. The van der Waals surface area contributed by atoms with Crippen LogP contribution in [0.15, 0.2) is 36.4 Å². The van der Waals surface area contributed by atoms with Gasteiger partial charge in [0, 0.05) is 31.6 Å². The molecule has 1 aliphatic rings. The Labute approximate surface area is 197 Å². The Morgan fingerprint density at radius 3 is 2.00 bits per heavy atom. The van der Waals surface area contributed by atoms with Gasteiger partial charge >= 0.3 is 0 Å². The third-order valence-electron chi connectivity index (χ3n) is 5.94. The van der Waals surface area contributed by atoms with Crippen LogP contribution < -0.4 is 15.4 Å². The maximum Gasteiger partial charge on any atom is 0.251 e. The predicted molar refractivity (Wildman–Crippen MR) is 123 cm³/mol. The molecule has 5 atom stereocenters. The highest BCUT2D eigenvalue weighted by atomic mass is 16.5. The minimum Gasteiger partial charge on any atom is -0.496 e. The molecule has 3 rings (SSSR count). The number of ether oxygens (including phenoxy) is 2. The van der Waals surface area contributed by atoms with Gasteiger partial charge in [0.15, 0.2) is 0 Å². The van der Waals surface area contributed by atoms with Crippen molar-refractivity contribution in [3.05, 3.63) is 53.1 Å². The lowest BCUT2D eigenvalue weighted by Crippen LogP contribution is -2.59.